The molecule has 1 aliphatic carbocycles. The number of fused-ring (bicyclic) bond motifs is 1. The van der Waals surface area contributed by atoms with Crippen molar-refractivity contribution in [3.63, 3.8) is 0 Å². The second kappa shape index (κ2) is 11.9. The van der Waals surface area contributed by atoms with E-state index in [4.69, 9.17) is 21.1 Å². The third-order valence-electron chi connectivity index (χ3n) is 7.82. The molecule has 5 rings (SSSR count). The Morgan fingerprint density at radius 3 is 2.67 bits per heavy atom. The molecule has 2 heterocycles. The topological polar surface area (TPSA) is 79.8 Å². The number of methoxy groups -OCH3 is 1. The summed E-state index contributed by atoms with van der Waals surface area (Å²) in [6.07, 6.45) is 7.37. The largest absolute Gasteiger partial charge is 0.493 e. The molecule has 2 aliphatic rings. The minimum Gasteiger partial charge on any atom is -0.493 e. The number of rotatable bonds is 7. The smallest absolute Gasteiger partial charge is 0.226 e. The number of benzene rings is 2. The van der Waals surface area contributed by atoms with E-state index in [-0.39, 0.29) is 28.6 Å². The van der Waals surface area contributed by atoms with E-state index in [0.717, 1.165) is 51.6 Å². The number of carbonyl (C=O) groups excluding carboxylic acids is 1. The van der Waals surface area contributed by atoms with Crippen molar-refractivity contribution < 1.29 is 18.7 Å². The second-order valence-electron chi connectivity index (χ2n) is 10.6. The van der Waals surface area contributed by atoms with Gasteiger partial charge < -0.3 is 19.7 Å². The number of nitrogens with one attached hydrogen (secondary N) is 1. The molecule has 208 valence electrons. The highest BCUT2D eigenvalue weighted by molar-refractivity contribution is 6.31. The molecule has 0 radical (unpaired) electrons. The molecule has 1 aliphatic heterocycles. The molecule has 1 atom stereocenters. The zero-order chi connectivity index (χ0) is 27.5. The van der Waals surface area contributed by atoms with E-state index in [2.05, 4.69) is 20.2 Å². The molecule has 39 heavy (non-hydrogen) atoms. The van der Waals surface area contributed by atoms with E-state index in [9.17, 15) is 9.18 Å². The Morgan fingerprint density at radius 2 is 1.92 bits per heavy atom. The first-order valence-corrected chi connectivity index (χ1v) is 13.9. The van der Waals surface area contributed by atoms with Crippen LogP contribution in [-0.2, 0) is 4.79 Å². The highest BCUT2D eigenvalue weighted by atomic mass is 35.5. The van der Waals surface area contributed by atoms with Gasteiger partial charge in [-0.1, -0.05) is 17.7 Å². The molecule has 1 aromatic heterocycles. The number of hydrogen-bond acceptors (Lipinski definition) is 7. The van der Waals surface area contributed by atoms with Crippen molar-refractivity contribution >= 4 is 39.9 Å². The molecule has 1 saturated carbocycles. The lowest BCUT2D eigenvalue weighted by Crippen LogP contribution is -2.48. The number of hydrogen-bond donors (Lipinski definition) is 1. The lowest BCUT2D eigenvalue weighted by Gasteiger charge is -2.41. The molecule has 1 saturated heterocycles. The molecule has 0 bridgehead atoms. The van der Waals surface area contributed by atoms with Crippen molar-refractivity contribution in [3.8, 4) is 11.5 Å². The van der Waals surface area contributed by atoms with Crippen LogP contribution in [0.25, 0.3) is 10.9 Å². The Kier molecular flexibility index (Phi) is 8.37. The van der Waals surface area contributed by atoms with Crippen LogP contribution < -0.4 is 14.8 Å². The minimum atomic E-state index is -0.543. The predicted molar refractivity (Wildman–Crippen MR) is 150 cm³/mol. The van der Waals surface area contributed by atoms with E-state index in [1.807, 2.05) is 26.2 Å². The number of halogens is 2. The van der Waals surface area contributed by atoms with Crippen molar-refractivity contribution in [2.24, 2.45) is 5.92 Å². The number of ether oxygens (including phenoxy) is 2. The van der Waals surface area contributed by atoms with Gasteiger partial charge in [0.25, 0.3) is 0 Å². The van der Waals surface area contributed by atoms with Gasteiger partial charge in [-0.2, -0.15) is 0 Å². The van der Waals surface area contributed by atoms with Crippen LogP contribution in [0.15, 0.2) is 36.7 Å². The Morgan fingerprint density at radius 1 is 1.13 bits per heavy atom. The van der Waals surface area contributed by atoms with Crippen molar-refractivity contribution in [3.05, 3.63) is 47.5 Å². The maximum atomic E-state index is 14.6. The van der Waals surface area contributed by atoms with Crippen molar-refractivity contribution in [2.45, 2.75) is 50.7 Å². The van der Waals surface area contributed by atoms with Crippen LogP contribution in [-0.4, -0.2) is 72.1 Å². The lowest BCUT2D eigenvalue weighted by molar-refractivity contribution is -0.135. The molecule has 2 fully saturated rings. The van der Waals surface area contributed by atoms with Gasteiger partial charge in [0.15, 0.2) is 17.3 Å². The SMILES string of the molecule is COc1cc2ncnc(Nc3cccc(Cl)c3F)c2cc1O[C@H]1CC[C@@H](N2CCC[C@@H](C(=O)N(C)C)C2)CC1. The van der Waals surface area contributed by atoms with E-state index >= 15 is 0 Å². The average molecular weight is 556 g/mol. The molecule has 0 unspecified atom stereocenters. The maximum absolute atomic E-state index is 14.6. The lowest BCUT2D eigenvalue weighted by atomic mass is 9.88. The zero-order valence-electron chi connectivity index (χ0n) is 22.6. The number of carbonyl (C=O) groups is 1. The van der Waals surface area contributed by atoms with Gasteiger partial charge in [-0.05, 0) is 63.3 Å². The zero-order valence-corrected chi connectivity index (χ0v) is 23.4. The Labute approximate surface area is 233 Å². The molecule has 0 spiro atoms. The van der Waals surface area contributed by atoms with Crippen LogP contribution in [0.3, 0.4) is 0 Å². The maximum Gasteiger partial charge on any atom is 0.226 e. The fourth-order valence-electron chi connectivity index (χ4n) is 5.76. The van der Waals surface area contributed by atoms with Crippen molar-refractivity contribution in [2.75, 3.05) is 39.6 Å². The molecular weight excluding hydrogens is 521 g/mol. The number of likely N-dealkylation sites (tertiary alicyclic amines) is 1. The van der Waals surface area contributed by atoms with Gasteiger partial charge in [-0.3, -0.25) is 9.69 Å². The van der Waals surface area contributed by atoms with Crippen molar-refractivity contribution in [1.82, 2.24) is 19.8 Å². The number of amides is 1. The van der Waals surface area contributed by atoms with Gasteiger partial charge in [0.1, 0.15) is 12.1 Å². The summed E-state index contributed by atoms with van der Waals surface area (Å²) in [7, 11) is 5.28. The first-order chi connectivity index (χ1) is 18.8. The van der Waals surface area contributed by atoms with Gasteiger partial charge in [0.05, 0.1) is 35.4 Å². The van der Waals surface area contributed by atoms with Gasteiger partial charge in [0, 0.05) is 38.1 Å². The Balaban J connectivity index is 1.29. The van der Waals surface area contributed by atoms with Gasteiger partial charge in [0.2, 0.25) is 5.91 Å². The third-order valence-corrected chi connectivity index (χ3v) is 8.11. The van der Waals surface area contributed by atoms with Crippen LogP contribution in [0.5, 0.6) is 11.5 Å². The van der Waals surface area contributed by atoms with E-state index in [1.54, 1.807) is 24.1 Å². The summed E-state index contributed by atoms with van der Waals surface area (Å²) in [6, 6.07) is 8.92. The predicted octanol–water partition coefficient (Wildman–Crippen LogP) is 5.66. The third kappa shape index (κ3) is 6.04. The van der Waals surface area contributed by atoms with Crippen LogP contribution >= 0.6 is 11.6 Å². The molecule has 8 nitrogen and oxygen atoms in total. The number of anilines is 2. The highest BCUT2D eigenvalue weighted by Crippen LogP contribution is 2.38. The second-order valence-corrected chi connectivity index (χ2v) is 11.0. The van der Waals surface area contributed by atoms with Gasteiger partial charge >= 0.3 is 0 Å². The molecule has 10 heteroatoms. The Hall–Kier alpha value is -3.17. The van der Waals surface area contributed by atoms with Crippen LogP contribution in [0, 0.1) is 11.7 Å². The highest BCUT2D eigenvalue weighted by Gasteiger charge is 2.33. The van der Waals surface area contributed by atoms with Crippen LogP contribution in [0.4, 0.5) is 15.9 Å². The summed E-state index contributed by atoms with van der Waals surface area (Å²) in [5.74, 6) is 1.42. The Bertz CT molecular complexity index is 1330. The van der Waals surface area contributed by atoms with Gasteiger partial charge in [-0.25, -0.2) is 14.4 Å². The quantitative estimate of drug-likeness (QED) is 0.402. The molecular formula is C29H35ClFN5O3. The molecule has 3 aromatic rings. The molecule has 1 N–H and O–H groups in total. The normalized spacial score (nSPS) is 21.9. The summed E-state index contributed by atoms with van der Waals surface area (Å²) >= 11 is 5.96. The van der Waals surface area contributed by atoms with E-state index < -0.39 is 5.82 Å². The standard InChI is InChI=1S/C29H35ClFN5O3/c1-35(2)29(37)18-6-5-13-36(16-18)19-9-11-20(12-10-19)39-26-14-21-24(15-25(26)38-3)32-17-33-28(21)34-23-8-4-7-22(30)27(23)31/h4,7-8,14-15,17-20H,5-6,9-13,16H2,1-3H3,(H,32,33,34)/t18-,19-,20+/m1/s1. The monoisotopic (exact) mass is 555 g/mol. The fraction of sp³-hybridized carbons (Fsp3) is 0.483. The molecule has 1 amide bonds. The number of piperidine rings is 1. The summed E-state index contributed by atoms with van der Waals surface area (Å²) in [5, 5.41) is 3.76. The van der Waals surface area contributed by atoms with Crippen LogP contribution in [0.1, 0.15) is 38.5 Å². The number of nitrogens with zero attached hydrogens (tertiary/aromatic N) is 4. The van der Waals surface area contributed by atoms with Gasteiger partial charge in [-0.15, -0.1) is 0 Å². The van der Waals surface area contributed by atoms with E-state index in [1.165, 1.54) is 12.4 Å². The molecule has 2 aromatic carbocycles. The average Bonchev–Trinajstić information content (AvgIpc) is 2.95. The van der Waals surface area contributed by atoms with Crippen molar-refractivity contribution in [1.29, 1.82) is 0 Å². The number of aromatic nitrogens is 2. The van der Waals surface area contributed by atoms with E-state index in [0.29, 0.717) is 34.3 Å². The summed E-state index contributed by atoms with van der Waals surface area (Å²) in [4.78, 5) is 25.5. The first-order valence-electron chi connectivity index (χ1n) is 13.5. The minimum absolute atomic E-state index is 0.0315. The summed E-state index contributed by atoms with van der Waals surface area (Å²) in [5.41, 5.74) is 0.876. The first kappa shape index (κ1) is 27.4. The van der Waals surface area contributed by atoms with Crippen LogP contribution in [0.2, 0.25) is 5.02 Å². The summed E-state index contributed by atoms with van der Waals surface area (Å²) in [6.45, 7) is 1.89. The fourth-order valence-corrected chi connectivity index (χ4v) is 5.93. The summed E-state index contributed by atoms with van der Waals surface area (Å²) < 4.78 is 26.7.